The van der Waals surface area contributed by atoms with Crippen molar-refractivity contribution in [2.24, 2.45) is 0 Å². The first kappa shape index (κ1) is 18.8. The lowest BCUT2D eigenvalue weighted by atomic mass is 10.1. The van der Waals surface area contributed by atoms with Gasteiger partial charge in [-0.2, -0.15) is 0 Å². The van der Waals surface area contributed by atoms with Crippen molar-refractivity contribution < 1.29 is 18.9 Å². The van der Waals surface area contributed by atoms with E-state index >= 15 is 0 Å². The monoisotopic (exact) mass is 434 g/mol. The van der Waals surface area contributed by atoms with E-state index in [1.54, 1.807) is 32.9 Å². The number of benzene rings is 1. The second-order valence-electron chi connectivity index (χ2n) is 6.58. The highest BCUT2D eigenvalue weighted by atomic mass is 79.9. The van der Waals surface area contributed by atoms with Crippen molar-refractivity contribution in [3.8, 4) is 11.1 Å². The first-order valence-electron chi connectivity index (χ1n) is 7.83. The summed E-state index contributed by atoms with van der Waals surface area (Å²) < 4.78 is 11.2. The average Bonchev–Trinajstić information content (AvgIpc) is 2.90. The number of non-ortho nitro benzene ring substituents is 1. The van der Waals surface area contributed by atoms with Crippen LogP contribution >= 0.6 is 15.9 Å². The summed E-state index contributed by atoms with van der Waals surface area (Å²) in [6, 6.07) is 5.92. The number of hydrogen-bond donors (Lipinski definition) is 1. The van der Waals surface area contributed by atoms with Gasteiger partial charge in [0.05, 0.1) is 10.3 Å². The zero-order valence-electron chi connectivity index (χ0n) is 14.6. The number of fused-ring (bicyclic) bond motifs is 1. The molecular weight excluding hydrogens is 420 g/mol. The molecule has 140 valence electrons. The molecule has 1 N–H and O–H groups in total. The lowest BCUT2D eigenvalue weighted by molar-refractivity contribution is -0.384. The largest absolute Gasteiger partial charge is 0.444 e. The van der Waals surface area contributed by atoms with Crippen molar-refractivity contribution in [2.75, 3.05) is 5.32 Å². The molecule has 1 amide bonds. The van der Waals surface area contributed by atoms with E-state index < -0.39 is 16.6 Å². The molecule has 3 aromatic rings. The van der Waals surface area contributed by atoms with Crippen molar-refractivity contribution >= 4 is 44.6 Å². The Labute approximate surface area is 162 Å². The number of ether oxygens (including phenoxy) is 1. The summed E-state index contributed by atoms with van der Waals surface area (Å²) in [7, 11) is 0. The van der Waals surface area contributed by atoms with Gasteiger partial charge in [0.1, 0.15) is 11.9 Å². The van der Waals surface area contributed by atoms with Gasteiger partial charge in [-0.15, -0.1) is 0 Å². The van der Waals surface area contributed by atoms with Gasteiger partial charge in [-0.05, 0) is 54.4 Å². The van der Waals surface area contributed by atoms with E-state index in [9.17, 15) is 14.9 Å². The molecule has 0 unspecified atom stereocenters. The summed E-state index contributed by atoms with van der Waals surface area (Å²) in [5.74, 6) is 0.206. The van der Waals surface area contributed by atoms with Gasteiger partial charge in [0.2, 0.25) is 5.71 Å². The Kier molecular flexibility index (Phi) is 4.83. The van der Waals surface area contributed by atoms with E-state index in [-0.39, 0.29) is 17.2 Å². The van der Waals surface area contributed by atoms with Crippen molar-refractivity contribution in [1.29, 1.82) is 0 Å². The highest BCUT2D eigenvalue weighted by molar-refractivity contribution is 9.10. The van der Waals surface area contributed by atoms with Crippen LogP contribution in [0.5, 0.6) is 0 Å². The molecule has 0 saturated carbocycles. The summed E-state index contributed by atoms with van der Waals surface area (Å²) in [5.41, 5.74) is 0.733. The van der Waals surface area contributed by atoms with Gasteiger partial charge >= 0.3 is 6.09 Å². The van der Waals surface area contributed by atoms with E-state index in [0.29, 0.717) is 21.2 Å². The smallest absolute Gasteiger partial charge is 0.413 e. The van der Waals surface area contributed by atoms with Gasteiger partial charge in [0, 0.05) is 17.7 Å². The van der Waals surface area contributed by atoms with Crippen LogP contribution in [0.3, 0.4) is 0 Å². The topological polar surface area (TPSA) is 120 Å². The number of nitrogens with one attached hydrogen (secondary N) is 1. The van der Waals surface area contributed by atoms with E-state index in [1.165, 1.54) is 18.5 Å². The lowest BCUT2D eigenvalue weighted by Crippen LogP contribution is -2.27. The predicted molar refractivity (Wildman–Crippen MR) is 101 cm³/mol. The molecule has 0 aliphatic carbocycles. The molecule has 1 aromatic carbocycles. The number of carbonyl (C=O) groups is 1. The van der Waals surface area contributed by atoms with Crippen LogP contribution in [0, 0.1) is 10.1 Å². The van der Waals surface area contributed by atoms with Crippen LogP contribution in [-0.4, -0.2) is 26.6 Å². The highest BCUT2D eigenvalue weighted by Crippen LogP contribution is 2.40. The maximum atomic E-state index is 12.1. The highest BCUT2D eigenvalue weighted by Gasteiger charge is 2.23. The molecule has 0 aliphatic heterocycles. The van der Waals surface area contributed by atoms with Crippen LogP contribution in [0.15, 0.2) is 39.7 Å². The van der Waals surface area contributed by atoms with Gasteiger partial charge < -0.3 is 9.15 Å². The second kappa shape index (κ2) is 6.95. The Bertz CT molecular complexity index is 1020. The summed E-state index contributed by atoms with van der Waals surface area (Å²) in [6.07, 6.45) is 0.583. The third-order valence-electron chi connectivity index (χ3n) is 3.43. The first-order chi connectivity index (χ1) is 12.7. The molecule has 0 spiro atoms. The molecule has 0 aliphatic rings. The van der Waals surface area contributed by atoms with Crippen molar-refractivity contribution in [1.82, 2.24) is 9.97 Å². The third kappa shape index (κ3) is 4.05. The molecule has 10 heteroatoms. The number of rotatable bonds is 3. The van der Waals surface area contributed by atoms with Crippen molar-refractivity contribution in [2.45, 2.75) is 26.4 Å². The Balaban J connectivity index is 2.07. The predicted octanol–water partition coefficient (Wildman–Crippen LogP) is 4.91. The van der Waals surface area contributed by atoms with Gasteiger partial charge in [0.15, 0.2) is 10.5 Å². The maximum absolute atomic E-state index is 12.1. The van der Waals surface area contributed by atoms with E-state index in [1.807, 2.05) is 0 Å². The summed E-state index contributed by atoms with van der Waals surface area (Å²) >= 11 is 3.33. The average molecular weight is 435 g/mol. The van der Waals surface area contributed by atoms with Gasteiger partial charge in [-0.3, -0.25) is 15.4 Å². The number of anilines is 1. The standard InChI is InChI=1S/C17H15BrN4O5/c1-17(2,3)27-16(23)21-14-12-11(13(18)26-15(12)20-8-19-14)9-4-6-10(7-5-9)22(24)25/h4-8H,1-3H3,(H,19,20,21,23). The zero-order valence-corrected chi connectivity index (χ0v) is 16.2. The molecule has 0 radical (unpaired) electrons. The molecular formula is C17H15BrN4O5. The lowest BCUT2D eigenvalue weighted by Gasteiger charge is -2.19. The second-order valence-corrected chi connectivity index (χ2v) is 7.30. The number of amides is 1. The quantitative estimate of drug-likeness (QED) is 0.459. The van der Waals surface area contributed by atoms with E-state index in [0.717, 1.165) is 0 Å². The van der Waals surface area contributed by atoms with Crippen molar-refractivity contribution in [3.05, 3.63) is 45.4 Å². The SMILES string of the molecule is CC(C)(C)OC(=O)Nc1ncnc2oc(Br)c(-c3ccc([N+](=O)[O-])cc3)c12. The normalized spacial score (nSPS) is 11.4. The third-order valence-corrected chi connectivity index (χ3v) is 3.99. The Morgan fingerprint density at radius 1 is 1.26 bits per heavy atom. The van der Waals surface area contributed by atoms with Crippen LogP contribution in [0.1, 0.15) is 20.8 Å². The maximum Gasteiger partial charge on any atom is 0.413 e. The van der Waals surface area contributed by atoms with Crippen LogP contribution in [0.2, 0.25) is 0 Å². The van der Waals surface area contributed by atoms with Crippen molar-refractivity contribution in [3.63, 3.8) is 0 Å². The molecule has 0 fully saturated rings. The van der Waals surface area contributed by atoms with E-state index in [2.05, 4.69) is 31.2 Å². The number of furan rings is 1. The van der Waals surface area contributed by atoms with E-state index in [4.69, 9.17) is 9.15 Å². The number of halogens is 1. The van der Waals surface area contributed by atoms with Crippen LogP contribution in [-0.2, 0) is 4.74 Å². The molecule has 3 rings (SSSR count). The fraction of sp³-hybridized carbons (Fsp3) is 0.235. The first-order valence-corrected chi connectivity index (χ1v) is 8.63. The van der Waals surface area contributed by atoms with Crippen LogP contribution in [0.25, 0.3) is 22.2 Å². The number of nitro benzene ring substituents is 1. The zero-order chi connectivity index (χ0) is 19.8. The number of carbonyl (C=O) groups excluding carboxylic acids is 1. The molecule has 2 heterocycles. The summed E-state index contributed by atoms with van der Waals surface area (Å²) in [5, 5.41) is 13.9. The fourth-order valence-electron chi connectivity index (χ4n) is 2.41. The minimum atomic E-state index is -0.672. The van der Waals surface area contributed by atoms with Gasteiger partial charge in [0.25, 0.3) is 5.69 Å². The minimum absolute atomic E-state index is 0.0361. The molecule has 27 heavy (non-hydrogen) atoms. The Hall–Kier alpha value is -3.01. The van der Waals surface area contributed by atoms with Crippen LogP contribution < -0.4 is 5.32 Å². The number of nitrogens with zero attached hydrogens (tertiary/aromatic N) is 3. The Morgan fingerprint density at radius 2 is 1.93 bits per heavy atom. The van der Waals surface area contributed by atoms with Gasteiger partial charge in [-0.25, -0.2) is 14.8 Å². The Morgan fingerprint density at radius 3 is 2.52 bits per heavy atom. The van der Waals surface area contributed by atoms with Gasteiger partial charge in [-0.1, -0.05) is 0 Å². The molecule has 0 atom stereocenters. The number of aromatic nitrogens is 2. The number of hydrogen-bond acceptors (Lipinski definition) is 7. The molecule has 9 nitrogen and oxygen atoms in total. The molecule has 2 aromatic heterocycles. The minimum Gasteiger partial charge on any atom is -0.444 e. The molecule has 0 saturated heterocycles. The summed E-state index contributed by atoms with van der Waals surface area (Å²) in [6.45, 7) is 5.25. The molecule has 0 bridgehead atoms. The number of nitro groups is 1. The van der Waals surface area contributed by atoms with Crippen LogP contribution in [0.4, 0.5) is 16.3 Å². The summed E-state index contributed by atoms with van der Waals surface area (Å²) in [4.78, 5) is 30.7. The fourth-order valence-corrected chi connectivity index (χ4v) is 2.99.